The minimum atomic E-state index is -2.37. The van der Waals surface area contributed by atoms with Crippen LogP contribution in [-0.4, -0.2) is 88.9 Å². The van der Waals surface area contributed by atoms with Crippen molar-refractivity contribution in [2.45, 2.75) is 89.5 Å². The number of aliphatic carboxylic acids is 2. The van der Waals surface area contributed by atoms with E-state index in [2.05, 4.69) is 21.3 Å². The van der Waals surface area contributed by atoms with Crippen LogP contribution in [0.3, 0.4) is 0 Å². The van der Waals surface area contributed by atoms with Crippen LogP contribution in [0.15, 0.2) is 66.7 Å². The van der Waals surface area contributed by atoms with E-state index >= 15 is 0 Å². The number of aldehydes is 1. The molecule has 4 rings (SSSR count). The van der Waals surface area contributed by atoms with Crippen LogP contribution in [0.2, 0.25) is 0 Å². The van der Waals surface area contributed by atoms with Gasteiger partial charge in [-0.15, -0.1) is 0 Å². The van der Waals surface area contributed by atoms with Crippen molar-refractivity contribution in [1.29, 1.82) is 0 Å². The minimum absolute atomic E-state index is 0.0224. The van der Waals surface area contributed by atoms with Gasteiger partial charge in [-0.05, 0) is 128 Å². The fourth-order valence-corrected chi connectivity index (χ4v) is 6.36. The van der Waals surface area contributed by atoms with Gasteiger partial charge in [0.05, 0.1) is 7.11 Å². The number of carboxylic acid groups (broad SMARTS) is 2. The number of amides is 3. The topological polar surface area (TPSA) is 245 Å². The lowest BCUT2D eigenvalue weighted by Crippen LogP contribution is -2.75. The van der Waals surface area contributed by atoms with E-state index in [1.807, 2.05) is 0 Å². The van der Waals surface area contributed by atoms with Gasteiger partial charge in [-0.3, -0.25) is 29.8 Å². The first kappa shape index (κ1) is 45.9. The van der Waals surface area contributed by atoms with Crippen LogP contribution in [-0.2, 0) is 23.9 Å². The third kappa shape index (κ3) is 11.3. The Hall–Kier alpha value is -6.49. The van der Waals surface area contributed by atoms with E-state index in [4.69, 9.17) is 18.9 Å². The maximum atomic E-state index is 13.5. The number of nitrogens with one attached hydrogen (secondary N) is 4. The number of ether oxygens (including phenoxy) is 4. The first-order valence-corrected chi connectivity index (χ1v) is 18.0. The number of benzene rings is 3. The van der Waals surface area contributed by atoms with Crippen molar-refractivity contribution in [1.82, 2.24) is 10.6 Å². The molecule has 3 aromatic carbocycles. The van der Waals surface area contributed by atoms with Crippen molar-refractivity contribution < 1.29 is 62.7 Å². The molecule has 3 unspecified atom stereocenters. The number of hydrogen-bond donors (Lipinski definition) is 6. The first-order chi connectivity index (χ1) is 27.0. The average Bonchev–Trinajstić information content (AvgIpc) is 3.46. The molecule has 0 radical (unpaired) electrons. The quantitative estimate of drug-likeness (QED) is 0.0741. The Balaban J connectivity index is 0.000000470. The van der Waals surface area contributed by atoms with Gasteiger partial charge in [-0.25, -0.2) is 14.4 Å². The van der Waals surface area contributed by atoms with E-state index in [0.717, 1.165) is 6.29 Å². The largest absolute Gasteiger partial charge is 0.493 e. The number of rotatable bonds is 11. The molecule has 0 bridgehead atoms. The predicted molar refractivity (Wildman–Crippen MR) is 212 cm³/mol. The third-order valence-electron chi connectivity index (χ3n) is 8.77. The number of esters is 1. The standard InChI is InChI=1S/C29H35N3O10.C12H15NO3/c1-16(33)41-21-12-9-18(15-22(21)40-6)20-13-14-28(30-5,24(35)36)29(20,25(37)38)32-23(34)17-7-10-19(11-8-17)31-26(39)42-27(2,3)4;1-12(2,3)16-11(15)13-10-6-4-9(8-14)5-7-10/h7-12,15,20,30H,13-14H2,1-6H3,(H,31,39)(H,32,34)(H,35,36)(H,37,38);4-8H,1-3H3,(H,13,15). The maximum Gasteiger partial charge on any atom is 0.412 e. The fourth-order valence-electron chi connectivity index (χ4n) is 6.36. The van der Waals surface area contributed by atoms with E-state index < -0.39 is 64.2 Å². The van der Waals surface area contributed by atoms with Gasteiger partial charge in [-0.1, -0.05) is 6.07 Å². The van der Waals surface area contributed by atoms with E-state index in [9.17, 15) is 43.8 Å². The summed E-state index contributed by atoms with van der Waals surface area (Å²) in [6.45, 7) is 11.7. The summed E-state index contributed by atoms with van der Waals surface area (Å²) in [7, 11) is 2.66. The van der Waals surface area contributed by atoms with E-state index in [1.54, 1.807) is 65.8 Å². The van der Waals surface area contributed by atoms with Crippen molar-refractivity contribution in [3.05, 3.63) is 83.4 Å². The van der Waals surface area contributed by atoms with Crippen molar-refractivity contribution >= 4 is 53.7 Å². The summed E-state index contributed by atoms with van der Waals surface area (Å²) in [5, 5.41) is 31.3. The van der Waals surface area contributed by atoms with Crippen LogP contribution >= 0.6 is 0 Å². The molecule has 3 aromatic rings. The highest BCUT2D eigenvalue weighted by Crippen LogP contribution is 2.51. The molecule has 0 heterocycles. The lowest BCUT2D eigenvalue weighted by atomic mass is 9.72. The van der Waals surface area contributed by atoms with Gasteiger partial charge < -0.3 is 39.8 Å². The Bertz CT molecular complexity index is 2000. The summed E-state index contributed by atoms with van der Waals surface area (Å²) in [6.07, 6.45) is -0.533. The second-order valence-electron chi connectivity index (χ2n) is 15.2. The highest BCUT2D eigenvalue weighted by atomic mass is 16.6. The zero-order valence-corrected chi connectivity index (χ0v) is 33.8. The number of carboxylic acids is 2. The molecule has 3 atom stereocenters. The molecule has 0 aromatic heterocycles. The smallest absolute Gasteiger partial charge is 0.412 e. The van der Waals surface area contributed by atoms with Gasteiger partial charge >= 0.3 is 30.1 Å². The second-order valence-corrected chi connectivity index (χ2v) is 15.2. The van der Waals surface area contributed by atoms with Gasteiger partial charge in [0.2, 0.25) is 0 Å². The summed E-state index contributed by atoms with van der Waals surface area (Å²) in [5.74, 6) is -5.31. The Morgan fingerprint density at radius 2 is 1.28 bits per heavy atom. The molecule has 3 amide bonds. The molecule has 6 N–H and O–H groups in total. The summed E-state index contributed by atoms with van der Waals surface area (Å²) >= 11 is 0. The summed E-state index contributed by atoms with van der Waals surface area (Å²) in [4.78, 5) is 84.7. The number of anilines is 2. The zero-order chi connectivity index (χ0) is 43.6. The summed E-state index contributed by atoms with van der Waals surface area (Å²) < 4.78 is 20.8. The van der Waals surface area contributed by atoms with E-state index in [1.165, 1.54) is 63.5 Å². The van der Waals surface area contributed by atoms with Crippen molar-refractivity contribution in [2.75, 3.05) is 24.8 Å². The molecule has 1 aliphatic rings. The molecule has 1 aliphatic carbocycles. The van der Waals surface area contributed by atoms with E-state index in [0.29, 0.717) is 22.5 Å². The zero-order valence-electron chi connectivity index (χ0n) is 33.8. The number of carbonyl (C=O) groups is 7. The van der Waals surface area contributed by atoms with Gasteiger partial charge in [0.25, 0.3) is 5.91 Å². The third-order valence-corrected chi connectivity index (χ3v) is 8.77. The summed E-state index contributed by atoms with van der Waals surface area (Å²) in [6, 6.07) is 16.5. The molecule has 1 fully saturated rings. The molecule has 1 saturated carbocycles. The number of methoxy groups -OCH3 is 1. The molecule has 0 spiro atoms. The van der Waals surface area contributed by atoms with Crippen LogP contribution in [0.25, 0.3) is 0 Å². The van der Waals surface area contributed by atoms with Gasteiger partial charge in [0, 0.05) is 35.3 Å². The Labute approximate surface area is 335 Å². The molecule has 17 nitrogen and oxygen atoms in total. The van der Waals surface area contributed by atoms with Crippen molar-refractivity contribution in [3.8, 4) is 11.5 Å². The SMILES string of the molecule is CC(C)(C)OC(=O)Nc1ccc(C=O)cc1.CNC1(C(=O)O)CCC(c2ccc(OC(C)=O)c(OC)c2)C1(NC(=O)c1ccc(NC(=O)OC(C)(C)C)cc1)C(=O)O. The van der Waals surface area contributed by atoms with Crippen LogP contribution in [0, 0.1) is 0 Å². The minimum Gasteiger partial charge on any atom is -0.493 e. The molecule has 0 saturated heterocycles. The van der Waals surface area contributed by atoms with Crippen LogP contribution < -0.4 is 30.7 Å². The predicted octanol–water partition coefficient (Wildman–Crippen LogP) is 5.99. The molecule has 312 valence electrons. The number of carbonyl (C=O) groups excluding carboxylic acids is 5. The summed E-state index contributed by atoms with van der Waals surface area (Å²) in [5.41, 5.74) is -3.85. The highest BCUT2D eigenvalue weighted by Gasteiger charge is 2.70. The van der Waals surface area contributed by atoms with Gasteiger partial charge in [0.1, 0.15) is 17.5 Å². The van der Waals surface area contributed by atoms with Gasteiger partial charge in [-0.2, -0.15) is 0 Å². The fraction of sp³-hybridized carbons (Fsp3) is 0.390. The lowest BCUT2D eigenvalue weighted by Gasteiger charge is -2.43. The van der Waals surface area contributed by atoms with Crippen LogP contribution in [0.1, 0.15) is 93.5 Å². The van der Waals surface area contributed by atoms with Gasteiger partial charge in [0.15, 0.2) is 22.6 Å². The Morgan fingerprint density at radius 3 is 1.69 bits per heavy atom. The molecular weight excluding hydrogens is 756 g/mol. The molecule has 0 aliphatic heterocycles. The highest BCUT2D eigenvalue weighted by molar-refractivity contribution is 6.03. The van der Waals surface area contributed by atoms with Crippen LogP contribution in [0.5, 0.6) is 11.5 Å². The Morgan fingerprint density at radius 1 is 0.759 bits per heavy atom. The number of likely N-dealkylation sites (N-methyl/N-ethyl adjacent to an activating group) is 1. The molecule has 17 heteroatoms. The van der Waals surface area contributed by atoms with Crippen molar-refractivity contribution in [3.63, 3.8) is 0 Å². The van der Waals surface area contributed by atoms with Crippen molar-refractivity contribution in [2.24, 2.45) is 0 Å². The van der Waals surface area contributed by atoms with Crippen LogP contribution in [0.4, 0.5) is 21.0 Å². The number of hydrogen-bond acceptors (Lipinski definition) is 12. The molecule has 58 heavy (non-hydrogen) atoms. The Kier molecular flexibility index (Phi) is 14.7. The average molecular weight is 807 g/mol. The normalized spacial score (nSPS) is 18.6. The van der Waals surface area contributed by atoms with E-state index in [-0.39, 0.29) is 29.9 Å². The molecular formula is C41H50N4O13. The monoisotopic (exact) mass is 806 g/mol. The first-order valence-electron chi connectivity index (χ1n) is 18.0. The maximum absolute atomic E-state index is 13.5. The second kappa shape index (κ2) is 18.6. The lowest BCUT2D eigenvalue weighted by molar-refractivity contribution is -0.159.